The van der Waals surface area contributed by atoms with Crippen molar-refractivity contribution in [3.05, 3.63) is 12.2 Å². The van der Waals surface area contributed by atoms with Crippen LogP contribution in [0.2, 0.25) is 0 Å². The summed E-state index contributed by atoms with van der Waals surface area (Å²) in [5.41, 5.74) is 0.780. The standard InChI is InChI=1S/C14H23NO/c1-12(2)7-8-14(16-6)9-10-15(11-14)13(3,4)5/h1,9-11H2,2-6H3. The van der Waals surface area contributed by atoms with Gasteiger partial charge in [-0.1, -0.05) is 18.4 Å². The Morgan fingerprint density at radius 3 is 2.44 bits per heavy atom. The minimum absolute atomic E-state index is 0.186. The third-order valence-electron chi connectivity index (χ3n) is 3.07. The van der Waals surface area contributed by atoms with Crippen LogP contribution in [0.1, 0.15) is 34.1 Å². The molecule has 0 saturated carbocycles. The Hall–Kier alpha value is -0.780. The Balaban J connectivity index is 2.81. The van der Waals surface area contributed by atoms with Crippen LogP contribution in [0.3, 0.4) is 0 Å². The highest BCUT2D eigenvalue weighted by molar-refractivity contribution is 5.29. The molecule has 1 heterocycles. The van der Waals surface area contributed by atoms with Crippen molar-refractivity contribution in [1.29, 1.82) is 0 Å². The smallest absolute Gasteiger partial charge is 0.142 e. The van der Waals surface area contributed by atoms with Gasteiger partial charge >= 0.3 is 0 Å². The van der Waals surface area contributed by atoms with Gasteiger partial charge in [-0.3, -0.25) is 4.90 Å². The molecule has 1 fully saturated rings. The van der Waals surface area contributed by atoms with E-state index in [9.17, 15) is 0 Å². The molecule has 1 rings (SSSR count). The summed E-state index contributed by atoms with van der Waals surface area (Å²) in [4.78, 5) is 2.42. The number of methoxy groups -OCH3 is 1. The maximum atomic E-state index is 5.62. The Kier molecular flexibility index (Phi) is 3.83. The third-order valence-corrected chi connectivity index (χ3v) is 3.07. The molecule has 1 unspecified atom stereocenters. The van der Waals surface area contributed by atoms with Crippen LogP contribution in [0.5, 0.6) is 0 Å². The van der Waals surface area contributed by atoms with Crippen molar-refractivity contribution in [2.24, 2.45) is 0 Å². The zero-order valence-corrected chi connectivity index (χ0v) is 11.2. The van der Waals surface area contributed by atoms with Gasteiger partial charge < -0.3 is 4.74 Å². The number of nitrogens with zero attached hydrogens (tertiary/aromatic N) is 1. The van der Waals surface area contributed by atoms with E-state index < -0.39 is 0 Å². The van der Waals surface area contributed by atoms with E-state index in [-0.39, 0.29) is 11.1 Å². The van der Waals surface area contributed by atoms with Gasteiger partial charge in [0, 0.05) is 32.2 Å². The highest BCUT2D eigenvalue weighted by atomic mass is 16.5. The summed E-state index contributed by atoms with van der Waals surface area (Å²) in [5.74, 6) is 6.29. The monoisotopic (exact) mass is 221 g/mol. The van der Waals surface area contributed by atoms with Crippen molar-refractivity contribution in [3.8, 4) is 11.8 Å². The van der Waals surface area contributed by atoms with Crippen LogP contribution in [0.15, 0.2) is 12.2 Å². The van der Waals surface area contributed by atoms with Gasteiger partial charge in [0.1, 0.15) is 5.60 Å². The lowest BCUT2D eigenvalue weighted by Crippen LogP contribution is -2.43. The van der Waals surface area contributed by atoms with Gasteiger partial charge in [-0.15, -0.1) is 0 Å². The van der Waals surface area contributed by atoms with Gasteiger partial charge in [-0.25, -0.2) is 0 Å². The number of ether oxygens (including phenoxy) is 1. The normalized spacial score (nSPS) is 26.3. The van der Waals surface area contributed by atoms with Crippen LogP contribution in [0, 0.1) is 11.8 Å². The van der Waals surface area contributed by atoms with Crippen LogP contribution in [-0.2, 0) is 4.74 Å². The molecule has 90 valence electrons. The van der Waals surface area contributed by atoms with Crippen LogP contribution in [-0.4, -0.2) is 36.2 Å². The fourth-order valence-electron chi connectivity index (χ4n) is 1.89. The van der Waals surface area contributed by atoms with Gasteiger partial charge in [-0.2, -0.15) is 0 Å². The molecular weight excluding hydrogens is 198 g/mol. The maximum Gasteiger partial charge on any atom is 0.142 e. The van der Waals surface area contributed by atoms with Crippen molar-refractivity contribution in [3.63, 3.8) is 0 Å². The molecule has 2 nitrogen and oxygen atoms in total. The van der Waals surface area contributed by atoms with E-state index in [2.05, 4.69) is 44.1 Å². The molecule has 0 aliphatic carbocycles. The molecule has 0 bridgehead atoms. The second kappa shape index (κ2) is 4.61. The lowest BCUT2D eigenvalue weighted by Gasteiger charge is -2.32. The molecule has 1 aliphatic rings. The van der Waals surface area contributed by atoms with Gasteiger partial charge in [0.05, 0.1) is 0 Å². The van der Waals surface area contributed by atoms with E-state index in [1.807, 2.05) is 6.92 Å². The predicted octanol–water partition coefficient (Wildman–Crippen LogP) is 2.46. The fourth-order valence-corrected chi connectivity index (χ4v) is 1.89. The quantitative estimate of drug-likeness (QED) is 0.631. The van der Waals surface area contributed by atoms with Crippen molar-refractivity contribution in [2.45, 2.75) is 45.3 Å². The summed E-state index contributed by atoms with van der Waals surface area (Å²) in [7, 11) is 1.75. The molecule has 0 aromatic carbocycles. The van der Waals surface area contributed by atoms with Gasteiger partial charge in [0.15, 0.2) is 0 Å². The second-order valence-electron chi connectivity index (χ2n) is 5.57. The molecule has 1 aliphatic heterocycles. The van der Waals surface area contributed by atoms with E-state index in [4.69, 9.17) is 4.74 Å². The van der Waals surface area contributed by atoms with E-state index in [1.165, 1.54) is 0 Å². The Labute approximate surface area is 99.7 Å². The lowest BCUT2D eigenvalue weighted by atomic mass is 10.0. The maximum absolute atomic E-state index is 5.62. The first-order valence-corrected chi connectivity index (χ1v) is 5.78. The average molecular weight is 221 g/mol. The lowest BCUT2D eigenvalue weighted by molar-refractivity contribution is 0.0374. The molecule has 1 atom stereocenters. The average Bonchev–Trinajstić information content (AvgIpc) is 2.59. The zero-order valence-electron chi connectivity index (χ0n) is 11.2. The van der Waals surface area contributed by atoms with Gasteiger partial charge in [0.2, 0.25) is 0 Å². The van der Waals surface area contributed by atoms with E-state index in [1.54, 1.807) is 7.11 Å². The molecule has 0 radical (unpaired) electrons. The largest absolute Gasteiger partial charge is 0.364 e. The first kappa shape index (κ1) is 13.3. The van der Waals surface area contributed by atoms with Crippen molar-refractivity contribution >= 4 is 0 Å². The van der Waals surface area contributed by atoms with E-state index in [0.29, 0.717) is 0 Å². The van der Waals surface area contributed by atoms with Crippen LogP contribution < -0.4 is 0 Å². The number of hydrogen-bond donors (Lipinski definition) is 0. The number of allylic oxidation sites excluding steroid dienone is 1. The summed E-state index contributed by atoms with van der Waals surface area (Å²) in [6.07, 6.45) is 0.973. The molecule has 0 N–H and O–H groups in total. The Morgan fingerprint density at radius 2 is 2.06 bits per heavy atom. The number of rotatable bonds is 1. The first-order valence-electron chi connectivity index (χ1n) is 5.78. The second-order valence-corrected chi connectivity index (χ2v) is 5.57. The number of likely N-dealkylation sites (tertiary alicyclic amines) is 1. The Bertz CT molecular complexity index is 329. The SMILES string of the molecule is C=C(C)C#CC1(OC)CCN(C(C)(C)C)C1. The highest BCUT2D eigenvalue weighted by Gasteiger charge is 2.40. The molecule has 0 aromatic heterocycles. The summed E-state index contributed by atoms with van der Waals surface area (Å²) >= 11 is 0. The van der Waals surface area contributed by atoms with E-state index in [0.717, 1.165) is 25.1 Å². The van der Waals surface area contributed by atoms with Crippen molar-refractivity contribution < 1.29 is 4.74 Å². The number of hydrogen-bond acceptors (Lipinski definition) is 2. The third kappa shape index (κ3) is 3.10. The summed E-state index contributed by atoms with van der Waals surface area (Å²) in [6.45, 7) is 14.3. The zero-order chi connectivity index (χ0) is 12.4. The fraction of sp³-hybridized carbons (Fsp3) is 0.714. The molecular formula is C14H23NO. The molecule has 0 spiro atoms. The molecule has 0 amide bonds. The molecule has 2 heteroatoms. The minimum atomic E-state index is -0.299. The van der Waals surface area contributed by atoms with Crippen molar-refractivity contribution in [1.82, 2.24) is 4.90 Å². The summed E-state index contributed by atoms with van der Waals surface area (Å²) < 4.78 is 5.62. The predicted molar refractivity (Wildman–Crippen MR) is 68.3 cm³/mol. The van der Waals surface area contributed by atoms with Crippen LogP contribution in [0.25, 0.3) is 0 Å². The van der Waals surface area contributed by atoms with Crippen LogP contribution in [0.4, 0.5) is 0 Å². The Morgan fingerprint density at radius 1 is 1.44 bits per heavy atom. The topological polar surface area (TPSA) is 12.5 Å². The van der Waals surface area contributed by atoms with Crippen molar-refractivity contribution in [2.75, 3.05) is 20.2 Å². The summed E-state index contributed by atoms with van der Waals surface area (Å²) in [6, 6.07) is 0. The van der Waals surface area contributed by atoms with Gasteiger partial charge in [-0.05, 0) is 33.3 Å². The van der Waals surface area contributed by atoms with Gasteiger partial charge in [0.25, 0.3) is 0 Å². The highest BCUT2D eigenvalue weighted by Crippen LogP contribution is 2.29. The molecule has 0 aromatic rings. The summed E-state index contributed by atoms with van der Waals surface area (Å²) in [5, 5.41) is 0. The molecule has 1 saturated heterocycles. The first-order chi connectivity index (χ1) is 7.29. The van der Waals surface area contributed by atoms with Crippen LogP contribution >= 0.6 is 0 Å². The molecule has 16 heavy (non-hydrogen) atoms. The van der Waals surface area contributed by atoms with E-state index >= 15 is 0 Å². The minimum Gasteiger partial charge on any atom is -0.364 e.